The molecule has 0 saturated carbocycles. The first kappa shape index (κ1) is 18.2. The number of rotatable bonds is 5. The van der Waals surface area contributed by atoms with Gasteiger partial charge in [-0.3, -0.25) is 9.69 Å². The van der Waals surface area contributed by atoms with Crippen LogP contribution in [0.4, 0.5) is 0 Å². The van der Waals surface area contributed by atoms with E-state index in [0.29, 0.717) is 18.9 Å². The molecule has 1 aromatic carbocycles. The summed E-state index contributed by atoms with van der Waals surface area (Å²) in [4.78, 5) is 17.0. The fourth-order valence-corrected chi connectivity index (χ4v) is 4.12. The van der Waals surface area contributed by atoms with Gasteiger partial charge in [0.15, 0.2) is 0 Å². The molecule has 1 N–H and O–H groups in total. The van der Waals surface area contributed by atoms with Gasteiger partial charge in [-0.2, -0.15) is 0 Å². The van der Waals surface area contributed by atoms with Crippen LogP contribution in [0.3, 0.4) is 0 Å². The standard InChI is InChI=1S/C20H30N2O3/c1-15(23)14-21-8-10-22(11-9-21)20(24)13-17-5-3-4-16-12-18(25-2)6-7-19(16)17/h6-7,12,15,17,23H,3-5,8-11,13-14H2,1-2H3/t15-,17+/m1/s1. The number of ether oxygens (including phenoxy) is 1. The molecule has 1 aliphatic carbocycles. The molecule has 25 heavy (non-hydrogen) atoms. The molecule has 1 heterocycles. The first-order chi connectivity index (χ1) is 12.1. The number of piperazine rings is 1. The summed E-state index contributed by atoms with van der Waals surface area (Å²) < 4.78 is 5.33. The number of carbonyl (C=O) groups excluding carboxylic acids is 1. The topological polar surface area (TPSA) is 53.0 Å². The zero-order chi connectivity index (χ0) is 17.8. The molecule has 0 radical (unpaired) electrons. The summed E-state index contributed by atoms with van der Waals surface area (Å²) in [6, 6.07) is 6.28. The number of aryl methyl sites for hydroxylation is 1. The highest BCUT2D eigenvalue weighted by Gasteiger charge is 2.27. The number of aliphatic hydroxyl groups is 1. The van der Waals surface area contributed by atoms with Gasteiger partial charge in [-0.1, -0.05) is 6.07 Å². The maximum absolute atomic E-state index is 12.8. The first-order valence-corrected chi connectivity index (χ1v) is 9.42. The normalized spacial score (nSPS) is 22.4. The van der Waals surface area contributed by atoms with Gasteiger partial charge >= 0.3 is 0 Å². The second-order valence-electron chi connectivity index (χ2n) is 7.39. The summed E-state index contributed by atoms with van der Waals surface area (Å²) in [6.07, 6.45) is 3.61. The largest absolute Gasteiger partial charge is 0.497 e. The van der Waals surface area contributed by atoms with Crippen LogP contribution < -0.4 is 4.74 Å². The van der Waals surface area contributed by atoms with Crippen molar-refractivity contribution in [3.05, 3.63) is 29.3 Å². The maximum atomic E-state index is 12.8. The number of nitrogens with zero attached hydrogens (tertiary/aromatic N) is 2. The van der Waals surface area contributed by atoms with Crippen LogP contribution in [0, 0.1) is 0 Å². The quantitative estimate of drug-likeness (QED) is 0.886. The number of carbonyl (C=O) groups is 1. The van der Waals surface area contributed by atoms with Gasteiger partial charge in [0.25, 0.3) is 0 Å². The molecule has 0 aromatic heterocycles. The van der Waals surface area contributed by atoms with Crippen LogP contribution >= 0.6 is 0 Å². The molecule has 0 spiro atoms. The molecular formula is C20H30N2O3. The van der Waals surface area contributed by atoms with Gasteiger partial charge in [-0.15, -0.1) is 0 Å². The number of hydrogen-bond donors (Lipinski definition) is 1. The third kappa shape index (κ3) is 4.53. The number of amides is 1. The SMILES string of the molecule is COc1ccc2c(c1)CCC[C@H]2CC(=O)N1CCN(C[C@@H](C)O)CC1. The van der Waals surface area contributed by atoms with Crippen molar-refractivity contribution in [1.82, 2.24) is 9.80 Å². The Morgan fingerprint density at radius 2 is 2.08 bits per heavy atom. The summed E-state index contributed by atoms with van der Waals surface area (Å²) in [6.45, 7) is 5.76. The average Bonchev–Trinajstić information content (AvgIpc) is 2.61. The number of fused-ring (bicyclic) bond motifs is 1. The van der Waals surface area contributed by atoms with E-state index in [0.717, 1.165) is 51.2 Å². The van der Waals surface area contributed by atoms with Crippen molar-refractivity contribution in [2.75, 3.05) is 39.8 Å². The van der Waals surface area contributed by atoms with Crippen molar-refractivity contribution in [3.63, 3.8) is 0 Å². The average molecular weight is 346 g/mol. The third-order valence-electron chi connectivity index (χ3n) is 5.46. The van der Waals surface area contributed by atoms with Crippen LogP contribution in [0.5, 0.6) is 5.75 Å². The summed E-state index contributed by atoms with van der Waals surface area (Å²) in [5.74, 6) is 1.50. The Kier molecular flexibility index (Phi) is 5.97. The van der Waals surface area contributed by atoms with E-state index >= 15 is 0 Å². The Bertz CT molecular complexity index is 595. The molecule has 1 saturated heterocycles. The lowest BCUT2D eigenvalue weighted by Crippen LogP contribution is -2.50. The molecule has 1 amide bonds. The van der Waals surface area contributed by atoms with Gasteiger partial charge in [0.05, 0.1) is 13.2 Å². The number of aliphatic hydroxyl groups excluding tert-OH is 1. The van der Waals surface area contributed by atoms with E-state index in [2.05, 4.69) is 17.0 Å². The van der Waals surface area contributed by atoms with Crippen molar-refractivity contribution in [3.8, 4) is 5.75 Å². The van der Waals surface area contributed by atoms with Crippen LogP contribution in [0.2, 0.25) is 0 Å². The lowest BCUT2D eigenvalue weighted by molar-refractivity contribution is -0.133. The van der Waals surface area contributed by atoms with Gasteiger partial charge in [0, 0.05) is 39.1 Å². The van der Waals surface area contributed by atoms with Crippen molar-refractivity contribution in [2.24, 2.45) is 0 Å². The van der Waals surface area contributed by atoms with E-state index in [1.165, 1.54) is 11.1 Å². The molecule has 5 heteroatoms. The number of hydrogen-bond acceptors (Lipinski definition) is 4. The van der Waals surface area contributed by atoms with Crippen molar-refractivity contribution in [2.45, 2.75) is 44.6 Å². The van der Waals surface area contributed by atoms with Crippen molar-refractivity contribution < 1.29 is 14.6 Å². The monoisotopic (exact) mass is 346 g/mol. The molecule has 0 unspecified atom stereocenters. The van der Waals surface area contributed by atoms with Crippen LogP contribution in [0.1, 0.15) is 43.2 Å². The van der Waals surface area contributed by atoms with E-state index in [-0.39, 0.29) is 12.0 Å². The van der Waals surface area contributed by atoms with Crippen LogP contribution in [-0.2, 0) is 11.2 Å². The van der Waals surface area contributed by atoms with Crippen molar-refractivity contribution in [1.29, 1.82) is 0 Å². The molecule has 2 atom stereocenters. The minimum atomic E-state index is -0.307. The number of methoxy groups -OCH3 is 1. The Balaban J connectivity index is 1.58. The molecule has 138 valence electrons. The first-order valence-electron chi connectivity index (χ1n) is 9.42. The Morgan fingerprint density at radius 1 is 1.32 bits per heavy atom. The summed E-state index contributed by atoms with van der Waals surface area (Å²) in [7, 11) is 1.70. The predicted octanol–water partition coefficient (Wildman–Crippen LogP) is 2.03. The smallest absolute Gasteiger partial charge is 0.223 e. The summed E-state index contributed by atoms with van der Waals surface area (Å²) >= 11 is 0. The van der Waals surface area contributed by atoms with Crippen LogP contribution in [0.15, 0.2) is 18.2 Å². The van der Waals surface area contributed by atoms with Crippen molar-refractivity contribution >= 4 is 5.91 Å². The summed E-state index contributed by atoms with van der Waals surface area (Å²) in [5, 5.41) is 9.50. The van der Waals surface area contributed by atoms with E-state index in [9.17, 15) is 9.90 Å². The zero-order valence-electron chi connectivity index (χ0n) is 15.4. The van der Waals surface area contributed by atoms with Gasteiger partial charge in [-0.05, 0) is 55.4 Å². The zero-order valence-corrected chi connectivity index (χ0v) is 15.4. The van der Waals surface area contributed by atoms with E-state index in [4.69, 9.17) is 4.74 Å². The highest BCUT2D eigenvalue weighted by Crippen LogP contribution is 2.36. The van der Waals surface area contributed by atoms with Gasteiger partial charge < -0.3 is 14.7 Å². The number of β-amino-alcohol motifs (C(OH)–C–C–N with tert-alkyl or cyclic N) is 1. The second-order valence-corrected chi connectivity index (χ2v) is 7.39. The third-order valence-corrected chi connectivity index (χ3v) is 5.46. The Morgan fingerprint density at radius 3 is 2.76 bits per heavy atom. The molecule has 0 bridgehead atoms. The predicted molar refractivity (Wildman–Crippen MR) is 98.0 cm³/mol. The molecular weight excluding hydrogens is 316 g/mol. The highest BCUT2D eigenvalue weighted by molar-refractivity contribution is 5.77. The molecule has 5 nitrogen and oxygen atoms in total. The molecule has 3 rings (SSSR count). The van der Waals surface area contributed by atoms with E-state index in [1.807, 2.05) is 17.9 Å². The van der Waals surface area contributed by atoms with Crippen LogP contribution in [-0.4, -0.2) is 66.8 Å². The van der Waals surface area contributed by atoms with Gasteiger partial charge in [-0.25, -0.2) is 0 Å². The maximum Gasteiger partial charge on any atom is 0.223 e. The van der Waals surface area contributed by atoms with Crippen LogP contribution in [0.25, 0.3) is 0 Å². The molecule has 1 aromatic rings. The molecule has 2 aliphatic rings. The van der Waals surface area contributed by atoms with E-state index in [1.54, 1.807) is 7.11 Å². The Labute approximate surface area is 150 Å². The van der Waals surface area contributed by atoms with Gasteiger partial charge in [0.2, 0.25) is 5.91 Å². The fourth-order valence-electron chi connectivity index (χ4n) is 4.12. The lowest BCUT2D eigenvalue weighted by Gasteiger charge is -2.36. The second kappa shape index (κ2) is 8.19. The van der Waals surface area contributed by atoms with Gasteiger partial charge in [0.1, 0.15) is 5.75 Å². The lowest BCUT2D eigenvalue weighted by atomic mass is 9.80. The van der Waals surface area contributed by atoms with E-state index < -0.39 is 0 Å². The highest BCUT2D eigenvalue weighted by atomic mass is 16.5. The number of benzene rings is 1. The fraction of sp³-hybridized carbons (Fsp3) is 0.650. The summed E-state index contributed by atoms with van der Waals surface area (Å²) in [5.41, 5.74) is 2.67. The Hall–Kier alpha value is -1.59. The minimum absolute atomic E-state index is 0.269. The minimum Gasteiger partial charge on any atom is -0.497 e. The molecule has 1 aliphatic heterocycles. The molecule has 1 fully saturated rings.